The molecule has 1 fully saturated rings. The number of nitrogens with one attached hydrogen (secondary N) is 2. The summed E-state index contributed by atoms with van der Waals surface area (Å²) in [4.78, 5) is 76.2. The van der Waals surface area contributed by atoms with Crippen LogP contribution in [0.1, 0.15) is 17.0 Å². The maximum absolute atomic E-state index is 13.1. The number of aromatic nitrogens is 2. The van der Waals surface area contributed by atoms with Gasteiger partial charge in [0.05, 0.1) is 16.4 Å². The predicted octanol–water partition coefficient (Wildman–Crippen LogP) is -1.05. The number of carbonyl (C=O) groups is 3. The summed E-state index contributed by atoms with van der Waals surface area (Å²) in [6.07, 6.45) is 0. The number of carbonyl (C=O) groups excluding carboxylic acids is 3. The topological polar surface area (TPSA) is 174 Å². The number of imide groups is 2. The Hall–Kier alpha value is -4.29. The summed E-state index contributed by atoms with van der Waals surface area (Å²) in [5.41, 5.74) is -4.74. The maximum atomic E-state index is 13.1. The third-order valence-electron chi connectivity index (χ3n) is 5.16. The molecular weight excluding hydrogens is 402 g/mol. The van der Waals surface area contributed by atoms with Crippen LogP contribution >= 0.6 is 0 Å². The summed E-state index contributed by atoms with van der Waals surface area (Å²) in [7, 11) is 2.28. The smallest absolute Gasteiger partial charge is 0.330 e. The molecule has 0 saturated carbocycles. The van der Waals surface area contributed by atoms with Crippen LogP contribution in [0.3, 0.4) is 0 Å². The number of nitrogens with zero attached hydrogens (tertiary/aromatic N) is 3. The van der Waals surface area contributed by atoms with E-state index in [2.05, 4.69) is 4.98 Å². The minimum Gasteiger partial charge on any atom is -0.451 e. The molecule has 2 aliphatic heterocycles. The molecule has 1 saturated heterocycles. The second kappa shape index (κ2) is 6.10. The third-order valence-corrected chi connectivity index (χ3v) is 5.16. The number of aromatic amines is 1. The van der Waals surface area contributed by atoms with Gasteiger partial charge in [-0.1, -0.05) is 12.1 Å². The summed E-state index contributed by atoms with van der Waals surface area (Å²) in [5, 5.41) is 13.2. The van der Waals surface area contributed by atoms with E-state index in [1.165, 1.54) is 25.2 Å². The molecule has 4 amide bonds. The zero-order chi connectivity index (χ0) is 22.0. The number of hydrogen-bond acceptors (Lipinski definition) is 8. The highest BCUT2D eigenvalue weighted by Gasteiger charge is 2.66. The van der Waals surface area contributed by atoms with Crippen LogP contribution < -0.4 is 21.3 Å². The lowest BCUT2D eigenvalue weighted by atomic mass is 9.77. The minimum atomic E-state index is -2.46. The van der Waals surface area contributed by atoms with Crippen molar-refractivity contribution in [2.45, 2.75) is 11.5 Å². The number of likely N-dealkylation sites (N-methyl/N-ethyl adjacent to an activating group) is 1. The zero-order valence-electron chi connectivity index (χ0n) is 15.5. The van der Waals surface area contributed by atoms with Gasteiger partial charge in [0.1, 0.15) is 0 Å². The standard InChI is InChI=1S/C17H13N5O8/c1-20-12(23)9-10(7-4-3-5-8(6-7)22(28)29)17(30-11(9)18-15(20)26)13(24)19-16(27)21(2)14(17)25/h3-6,10H,1-2H3,(H,18,26)(H,19,24,27). The van der Waals surface area contributed by atoms with Gasteiger partial charge in [-0.15, -0.1) is 0 Å². The first-order chi connectivity index (χ1) is 14.1. The second-order valence-electron chi connectivity index (χ2n) is 6.78. The molecule has 1 spiro atoms. The Bertz CT molecular complexity index is 1280. The minimum absolute atomic E-state index is 0.0401. The summed E-state index contributed by atoms with van der Waals surface area (Å²) < 4.78 is 6.28. The number of hydrogen-bond donors (Lipinski definition) is 2. The maximum Gasteiger partial charge on any atom is 0.330 e. The van der Waals surface area contributed by atoms with Crippen LogP contribution in [0.15, 0.2) is 33.9 Å². The Morgan fingerprint density at radius 3 is 2.53 bits per heavy atom. The van der Waals surface area contributed by atoms with E-state index in [4.69, 9.17) is 4.74 Å². The fourth-order valence-corrected chi connectivity index (χ4v) is 3.65. The van der Waals surface area contributed by atoms with Crippen LogP contribution in [0.2, 0.25) is 0 Å². The number of ether oxygens (including phenoxy) is 1. The monoisotopic (exact) mass is 415 g/mol. The molecule has 2 unspecified atom stereocenters. The largest absolute Gasteiger partial charge is 0.451 e. The van der Waals surface area contributed by atoms with Crippen LogP contribution in [0, 0.1) is 10.1 Å². The van der Waals surface area contributed by atoms with Crippen LogP contribution in [0.5, 0.6) is 5.88 Å². The van der Waals surface area contributed by atoms with E-state index >= 15 is 0 Å². The fourth-order valence-electron chi connectivity index (χ4n) is 3.65. The number of amides is 4. The van der Waals surface area contributed by atoms with Gasteiger partial charge >= 0.3 is 11.7 Å². The molecule has 1 aromatic carbocycles. The van der Waals surface area contributed by atoms with E-state index < -0.39 is 51.4 Å². The van der Waals surface area contributed by atoms with Crippen molar-refractivity contribution >= 4 is 23.5 Å². The van der Waals surface area contributed by atoms with Crippen molar-refractivity contribution in [2.24, 2.45) is 7.05 Å². The quantitative estimate of drug-likeness (QED) is 0.355. The van der Waals surface area contributed by atoms with Gasteiger partial charge < -0.3 is 4.74 Å². The van der Waals surface area contributed by atoms with Gasteiger partial charge in [-0.2, -0.15) is 0 Å². The van der Waals surface area contributed by atoms with Gasteiger partial charge in [0.15, 0.2) is 0 Å². The zero-order valence-corrected chi connectivity index (χ0v) is 15.5. The fraction of sp³-hybridized carbons (Fsp3) is 0.235. The van der Waals surface area contributed by atoms with Crippen LogP contribution in [-0.2, 0) is 16.6 Å². The van der Waals surface area contributed by atoms with Crippen molar-refractivity contribution in [1.29, 1.82) is 0 Å². The second-order valence-corrected chi connectivity index (χ2v) is 6.78. The average Bonchev–Trinajstić information content (AvgIpc) is 3.05. The molecule has 13 heteroatoms. The average molecular weight is 415 g/mol. The van der Waals surface area contributed by atoms with Crippen LogP contribution in [-0.4, -0.2) is 49.9 Å². The molecule has 3 heterocycles. The number of fused-ring (bicyclic) bond motifs is 1. The highest BCUT2D eigenvalue weighted by molar-refractivity contribution is 6.23. The molecule has 0 aliphatic carbocycles. The van der Waals surface area contributed by atoms with Crippen LogP contribution in [0.4, 0.5) is 10.5 Å². The van der Waals surface area contributed by atoms with Gasteiger partial charge in [-0.3, -0.25) is 44.3 Å². The van der Waals surface area contributed by atoms with E-state index in [0.29, 0.717) is 9.47 Å². The Kier molecular flexibility index (Phi) is 3.87. The molecule has 2 atom stereocenters. The number of benzene rings is 1. The van der Waals surface area contributed by atoms with Crippen LogP contribution in [0.25, 0.3) is 0 Å². The third kappa shape index (κ3) is 2.31. The number of nitro benzene ring substituents is 1. The van der Waals surface area contributed by atoms with E-state index in [1.54, 1.807) is 0 Å². The van der Waals surface area contributed by atoms with Gasteiger partial charge in [0, 0.05) is 26.2 Å². The van der Waals surface area contributed by atoms with Gasteiger partial charge in [0.2, 0.25) is 5.88 Å². The Balaban J connectivity index is 2.07. The number of non-ortho nitro benzene ring substituents is 1. The Labute approximate surface area is 166 Å². The SMILES string of the molecule is CN1C(=O)NC(=O)C2(Oc3[nH]c(=O)n(C)c(=O)c3C2c2cccc([N+](=O)[O-])c2)C1=O. The predicted molar refractivity (Wildman–Crippen MR) is 96.9 cm³/mol. The van der Waals surface area contributed by atoms with E-state index in [9.17, 15) is 34.1 Å². The van der Waals surface area contributed by atoms with Gasteiger partial charge in [-0.25, -0.2) is 9.59 Å². The summed E-state index contributed by atoms with van der Waals surface area (Å²) in [6.45, 7) is 0. The van der Waals surface area contributed by atoms with Crippen molar-refractivity contribution in [2.75, 3.05) is 7.05 Å². The molecule has 0 radical (unpaired) electrons. The normalized spacial score (nSPS) is 22.7. The lowest BCUT2D eigenvalue weighted by Crippen LogP contribution is -2.70. The molecule has 2 aromatic rings. The van der Waals surface area contributed by atoms with Gasteiger partial charge in [-0.05, 0) is 5.56 Å². The molecule has 13 nitrogen and oxygen atoms in total. The van der Waals surface area contributed by atoms with E-state index in [1.807, 2.05) is 5.32 Å². The lowest BCUT2D eigenvalue weighted by Gasteiger charge is -2.37. The van der Waals surface area contributed by atoms with Crippen molar-refractivity contribution in [3.05, 3.63) is 66.3 Å². The number of nitro groups is 1. The highest BCUT2D eigenvalue weighted by Crippen LogP contribution is 2.48. The molecule has 154 valence electrons. The first-order valence-electron chi connectivity index (χ1n) is 8.49. The number of urea groups is 1. The first kappa shape index (κ1) is 19.0. The molecule has 1 aromatic heterocycles. The van der Waals surface area contributed by atoms with Crippen molar-refractivity contribution in [1.82, 2.24) is 19.8 Å². The molecule has 30 heavy (non-hydrogen) atoms. The van der Waals surface area contributed by atoms with E-state index in [0.717, 1.165) is 13.1 Å². The van der Waals surface area contributed by atoms with Crippen molar-refractivity contribution in [3.63, 3.8) is 0 Å². The molecule has 4 rings (SSSR count). The Morgan fingerprint density at radius 2 is 1.87 bits per heavy atom. The number of H-pyrrole nitrogens is 1. The van der Waals surface area contributed by atoms with Gasteiger partial charge in [0.25, 0.3) is 28.7 Å². The molecule has 2 N–H and O–H groups in total. The summed E-state index contributed by atoms with van der Waals surface area (Å²) in [5.74, 6) is -4.14. The summed E-state index contributed by atoms with van der Waals surface area (Å²) >= 11 is 0. The molecule has 2 aliphatic rings. The lowest BCUT2D eigenvalue weighted by molar-refractivity contribution is -0.384. The first-order valence-corrected chi connectivity index (χ1v) is 8.49. The molecular formula is C17H13N5O8. The van der Waals surface area contributed by atoms with Crippen molar-refractivity contribution < 1.29 is 24.0 Å². The summed E-state index contributed by atoms with van der Waals surface area (Å²) in [6, 6.07) is 3.96. The van der Waals surface area contributed by atoms with E-state index in [-0.39, 0.29) is 16.8 Å². The highest BCUT2D eigenvalue weighted by atomic mass is 16.6. The molecule has 0 bridgehead atoms. The number of barbiturate groups is 1. The Morgan fingerprint density at radius 1 is 1.17 bits per heavy atom. The number of rotatable bonds is 2. The van der Waals surface area contributed by atoms with Crippen molar-refractivity contribution in [3.8, 4) is 5.88 Å².